The van der Waals surface area contributed by atoms with E-state index in [0.29, 0.717) is 16.4 Å². The van der Waals surface area contributed by atoms with Crippen LogP contribution in [0.2, 0.25) is 5.02 Å². The molecule has 0 atom stereocenters. The van der Waals surface area contributed by atoms with Crippen molar-refractivity contribution in [3.63, 3.8) is 0 Å². The first kappa shape index (κ1) is 21.0. The Bertz CT molecular complexity index is 1010. The van der Waals surface area contributed by atoms with E-state index in [9.17, 15) is 4.79 Å². The third-order valence-electron chi connectivity index (χ3n) is 5.15. The second-order valence-corrected chi connectivity index (χ2v) is 8.72. The zero-order valence-electron chi connectivity index (χ0n) is 16.9. The normalized spacial score (nSPS) is 14.6. The van der Waals surface area contributed by atoms with Gasteiger partial charge >= 0.3 is 0 Å². The summed E-state index contributed by atoms with van der Waals surface area (Å²) in [5.74, 6) is -0.0913. The molecule has 1 fully saturated rings. The number of ether oxygens (including phenoxy) is 1. The van der Waals surface area contributed by atoms with Crippen LogP contribution >= 0.6 is 22.9 Å². The molecule has 156 valence electrons. The number of nitrogens with one attached hydrogen (secondary N) is 1. The fraction of sp³-hybridized carbons (Fsp3) is 0.304. The Kier molecular flexibility index (Phi) is 6.79. The maximum Gasteiger partial charge on any atom is 0.263 e. The fourth-order valence-corrected chi connectivity index (χ4v) is 4.58. The fourth-order valence-electron chi connectivity index (χ4n) is 3.46. The van der Waals surface area contributed by atoms with Crippen LogP contribution in [-0.4, -0.2) is 42.1 Å². The van der Waals surface area contributed by atoms with Crippen molar-refractivity contribution in [2.75, 3.05) is 26.3 Å². The van der Waals surface area contributed by atoms with Gasteiger partial charge in [0.25, 0.3) is 5.91 Å². The smallest absolute Gasteiger partial charge is 0.263 e. The van der Waals surface area contributed by atoms with Gasteiger partial charge in [0, 0.05) is 36.8 Å². The lowest BCUT2D eigenvalue weighted by atomic mass is 10.1. The Balaban J connectivity index is 1.43. The molecule has 4 rings (SSSR count). The Morgan fingerprint density at radius 2 is 1.83 bits per heavy atom. The van der Waals surface area contributed by atoms with Crippen molar-refractivity contribution < 1.29 is 9.53 Å². The van der Waals surface area contributed by atoms with E-state index in [0.717, 1.165) is 54.7 Å². The molecule has 0 aliphatic carbocycles. The number of benzene rings is 2. The first-order chi connectivity index (χ1) is 14.6. The maximum absolute atomic E-state index is 12.9. The van der Waals surface area contributed by atoms with Gasteiger partial charge in [-0.25, -0.2) is 4.98 Å². The van der Waals surface area contributed by atoms with Crippen molar-refractivity contribution in [1.82, 2.24) is 15.2 Å². The highest BCUT2D eigenvalue weighted by Crippen LogP contribution is 2.29. The molecule has 1 amide bonds. The van der Waals surface area contributed by atoms with Crippen LogP contribution in [0.25, 0.3) is 10.6 Å². The summed E-state index contributed by atoms with van der Waals surface area (Å²) in [6.07, 6.45) is 0. The predicted molar refractivity (Wildman–Crippen MR) is 121 cm³/mol. The third-order valence-corrected chi connectivity index (χ3v) is 6.61. The van der Waals surface area contributed by atoms with Gasteiger partial charge in [-0.2, -0.15) is 0 Å². The van der Waals surface area contributed by atoms with E-state index in [2.05, 4.69) is 27.3 Å². The highest BCUT2D eigenvalue weighted by Gasteiger charge is 2.17. The topological polar surface area (TPSA) is 54.5 Å². The van der Waals surface area contributed by atoms with Gasteiger partial charge in [-0.05, 0) is 30.2 Å². The molecule has 5 nitrogen and oxygen atoms in total. The lowest BCUT2D eigenvalue weighted by Gasteiger charge is -2.27. The number of aryl methyl sites for hydroxylation is 1. The highest BCUT2D eigenvalue weighted by atomic mass is 35.5. The molecule has 0 saturated carbocycles. The van der Waals surface area contributed by atoms with Gasteiger partial charge in [0.15, 0.2) is 0 Å². The number of rotatable bonds is 6. The van der Waals surface area contributed by atoms with Crippen LogP contribution in [0, 0.1) is 6.92 Å². The van der Waals surface area contributed by atoms with E-state index in [1.807, 2.05) is 43.3 Å². The molecule has 3 aromatic rings. The quantitative estimate of drug-likeness (QED) is 0.610. The molecule has 0 unspecified atom stereocenters. The number of aromatic nitrogens is 1. The van der Waals surface area contributed by atoms with Crippen LogP contribution in [0.4, 0.5) is 0 Å². The number of carbonyl (C=O) groups excluding carboxylic acids is 1. The summed E-state index contributed by atoms with van der Waals surface area (Å²) in [5.41, 5.74) is 4.08. The van der Waals surface area contributed by atoms with Gasteiger partial charge in [0.1, 0.15) is 9.88 Å². The van der Waals surface area contributed by atoms with Crippen molar-refractivity contribution in [3.8, 4) is 10.6 Å². The van der Waals surface area contributed by atoms with Crippen molar-refractivity contribution in [2.24, 2.45) is 0 Å². The van der Waals surface area contributed by atoms with Gasteiger partial charge in [-0.3, -0.25) is 9.69 Å². The molecule has 0 radical (unpaired) electrons. The average molecular weight is 442 g/mol. The highest BCUT2D eigenvalue weighted by molar-refractivity contribution is 7.17. The number of hydrogen-bond acceptors (Lipinski definition) is 5. The molecule has 2 heterocycles. The van der Waals surface area contributed by atoms with Crippen molar-refractivity contribution in [3.05, 3.63) is 75.3 Å². The van der Waals surface area contributed by atoms with Crippen LogP contribution in [0.15, 0.2) is 48.5 Å². The number of morpholine rings is 1. The van der Waals surface area contributed by atoms with E-state index in [1.54, 1.807) is 0 Å². The summed E-state index contributed by atoms with van der Waals surface area (Å²) < 4.78 is 5.44. The van der Waals surface area contributed by atoms with Gasteiger partial charge < -0.3 is 10.1 Å². The second kappa shape index (κ2) is 9.71. The minimum atomic E-state index is -0.0913. The summed E-state index contributed by atoms with van der Waals surface area (Å²) in [4.78, 5) is 20.5. The summed E-state index contributed by atoms with van der Waals surface area (Å²) in [6, 6.07) is 15.8. The van der Waals surface area contributed by atoms with Gasteiger partial charge in [-0.1, -0.05) is 48.0 Å². The zero-order valence-corrected chi connectivity index (χ0v) is 18.4. The molecular weight excluding hydrogens is 418 g/mol. The van der Waals surface area contributed by atoms with Crippen LogP contribution in [0.1, 0.15) is 26.5 Å². The molecule has 1 N–H and O–H groups in total. The van der Waals surface area contributed by atoms with E-state index < -0.39 is 0 Å². The SMILES string of the molecule is Cc1nc(-c2ccc(Cl)cc2)sc1C(=O)NCc1ccccc1CN1CCOCC1. The number of thiazole rings is 1. The molecule has 0 spiro atoms. The largest absolute Gasteiger partial charge is 0.379 e. The first-order valence-corrected chi connectivity index (χ1v) is 11.2. The molecule has 2 aromatic carbocycles. The molecule has 1 saturated heterocycles. The van der Waals surface area contributed by atoms with Crippen molar-refractivity contribution >= 4 is 28.8 Å². The number of hydrogen-bond donors (Lipinski definition) is 1. The number of carbonyl (C=O) groups is 1. The molecule has 1 aromatic heterocycles. The predicted octanol–water partition coefficient (Wildman–Crippen LogP) is 4.53. The van der Waals surface area contributed by atoms with E-state index in [1.165, 1.54) is 16.9 Å². The molecule has 7 heteroatoms. The molecule has 1 aliphatic rings. The summed E-state index contributed by atoms with van der Waals surface area (Å²) in [7, 11) is 0. The molecule has 1 aliphatic heterocycles. The van der Waals surface area contributed by atoms with Crippen molar-refractivity contribution in [1.29, 1.82) is 0 Å². The zero-order chi connectivity index (χ0) is 20.9. The number of nitrogens with zero attached hydrogens (tertiary/aromatic N) is 2. The standard InChI is InChI=1S/C23H24ClN3O2S/c1-16-21(30-23(26-16)17-6-8-20(24)9-7-17)22(28)25-14-18-4-2-3-5-19(18)15-27-10-12-29-13-11-27/h2-9H,10-15H2,1H3,(H,25,28). The van der Waals surface area contributed by atoms with Gasteiger partial charge in [0.2, 0.25) is 0 Å². The Labute approximate surface area is 185 Å². The molecule has 30 heavy (non-hydrogen) atoms. The third kappa shape index (κ3) is 5.08. The van der Waals surface area contributed by atoms with Crippen LogP contribution in [0.5, 0.6) is 0 Å². The lowest BCUT2D eigenvalue weighted by Crippen LogP contribution is -2.36. The lowest BCUT2D eigenvalue weighted by molar-refractivity contribution is 0.0340. The van der Waals surface area contributed by atoms with Crippen LogP contribution < -0.4 is 5.32 Å². The summed E-state index contributed by atoms with van der Waals surface area (Å²) in [6.45, 7) is 6.67. The molecule has 0 bridgehead atoms. The first-order valence-electron chi connectivity index (χ1n) is 9.98. The molecular formula is C23H24ClN3O2S. The summed E-state index contributed by atoms with van der Waals surface area (Å²) >= 11 is 7.38. The average Bonchev–Trinajstić information content (AvgIpc) is 3.16. The summed E-state index contributed by atoms with van der Waals surface area (Å²) in [5, 5.41) is 4.58. The van der Waals surface area contributed by atoms with Crippen molar-refractivity contribution in [2.45, 2.75) is 20.0 Å². The minimum absolute atomic E-state index is 0.0913. The second-order valence-electron chi connectivity index (χ2n) is 7.28. The Hall–Kier alpha value is -2.25. The van der Waals surface area contributed by atoms with Crippen LogP contribution in [0.3, 0.4) is 0 Å². The van der Waals surface area contributed by atoms with E-state index in [4.69, 9.17) is 16.3 Å². The maximum atomic E-state index is 12.9. The van der Waals surface area contributed by atoms with E-state index in [-0.39, 0.29) is 5.91 Å². The van der Waals surface area contributed by atoms with E-state index >= 15 is 0 Å². The van der Waals surface area contributed by atoms with Gasteiger partial charge in [-0.15, -0.1) is 11.3 Å². The van der Waals surface area contributed by atoms with Gasteiger partial charge in [0.05, 0.1) is 18.9 Å². The number of halogens is 1. The van der Waals surface area contributed by atoms with Crippen LogP contribution in [-0.2, 0) is 17.8 Å². The Morgan fingerprint density at radius 3 is 2.57 bits per heavy atom. The monoisotopic (exact) mass is 441 g/mol. The Morgan fingerprint density at radius 1 is 1.13 bits per heavy atom. The minimum Gasteiger partial charge on any atom is -0.379 e. The number of amides is 1.